The fraction of sp³-hybridized carbons (Fsp3) is 0.778. The molecule has 0 unspecified atom stereocenters. The molecule has 0 bridgehead atoms. The van der Waals surface area contributed by atoms with Crippen LogP contribution in [0.25, 0.3) is 0 Å². The maximum atomic E-state index is 11.3. The Morgan fingerprint density at radius 1 is 1.36 bits per heavy atom. The minimum Gasteiger partial charge on any atom is -0.466 e. The molecule has 0 aromatic rings. The highest BCUT2D eigenvalue weighted by Crippen LogP contribution is 2.15. The minimum atomic E-state index is -0.537. The van der Waals surface area contributed by atoms with Gasteiger partial charge >= 0.3 is 11.9 Å². The van der Waals surface area contributed by atoms with Crippen molar-refractivity contribution < 1.29 is 23.8 Å². The second-order valence-electron chi connectivity index (χ2n) is 3.07. The first kappa shape index (κ1) is 11.0. The van der Waals surface area contributed by atoms with E-state index in [0.29, 0.717) is 26.1 Å². The summed E-state index contributed by atoms with van der Waals surface area (Å²) in [6.45, 7) is 0.864. The van der Waals surface area contributed by atoms with Gasteiger partial charge in [0.25, 0.3) is 0 Å². The number of esters is 2. The van der Waals surface area contributed by atoms with E-state index in [1.807, 2.05) is 0 Å². The summed E-state index contributed by atoms with van der Waals surface area (Å²) in [5, 5.41) is 0. The van der Waals surface area contributed by atoms with Crippen LogP contribution in [0.15, 0.2) is 0 Å². The third kappa shape index (κ3) is 3.33. The van der Waals surface area contributed by atoms with Gasteiger partial charge in [0, 0.05) is 13.2 Å². The maximum Gasteiger partial charge on any atom is 0.344 e. The second kappa shape index (κ2) is 5.59. The Morgan fingerprint density at radius 2 is 2.00 bits per heavy atom. The van der Waals surface area contributed by atoms with Crippen LogP contribution in [0.3, 0.4) is 0 Å². The lowest BCUT2D eigenvalue weighted by Crippen LogP contribution is -2.27. The summed E-state index contributed by atoms with van der Waals surface area (Å²) in [6.07, 6.45) is 1.33. The van der Waals surface area contributed by atoms with E-state index >= 15 is 0 Å². The van der Waals surface area contributed by atoms with E-state index in [1.54, 1.807) is 0 Å². The Bertz CT molecular complexity index is 207. The molecule has 0 N–H and O–H groups in total. The highest BCUT2D eigenvalue weighted by atomic mass is 16.6. The van der Waals surface area contributed by atoms with Crippen LogP contribution in [0.1, 0.15) is 12.8 Å². The van der Waals surface area contributed by atoms with Crippen LogP contribution in [-0.2, 0) is 23.8 Å². The van der Waals surface area contributed by atoms with E-state index in [0.717, 1.165) is 0 Å². The third-order valence-corrected chi connectivity index (χ3v) is 2.11. The van der Waals surface area contributed by atoms with Gasteiger partial charge in [-0.3, -0.25) is 4.79 Å². The third-order valence-electron chi connectivity index (χ3n) is 2.11. The average molecular weight is 202 g/mol. The van der Waals surface area contributed by atoms with Crippen LogP contribution in [0.2, 0.25) is 0 Å². The quantitative estimate of drug-likeness (QED) is 0.609. The van der Waals surface area contributed by atoms with Crippen molar-refractivity contribution in [2.45, 2.75) is 12.8 Å². The van der Waals surface area contributed by atoms with Crippen molar-refractivity contribution in [1.29, 1.82) is 0 Å². The van der Waals surface area contributed by atoms with Crippen LogP contribution in [0.4, 0.5) is 0 Å². The highest BCUT2D eigenvalue weighted by Gasteiger charge is 2.23. The number of rotatable bonds is 3. The zero-order valence-electron chi connectivity index (χ0n) is 8.15. The molecule has 5 nitrogen and oxygen atoms in total. The van der Waals surface area contributed by atoms with Gasteiger partial charge in [-0.2, -0.15) is 0 Å². The van der Waals surface area contributed by atoms with Gasteiger partial charge in [0.2, 0.25) is 0 Å². The molecule has 0 atom stereocenters. The molecule has 0 aliphatic carbocycles. The molecule has 1 saturated heterocycles. The van der Waals surface area contributed by atoms with Gasteiger partial charge in [-0.15, -0.1) is 0 Å². The Kier molecular flexibility index (Phi) is 4.39. The Labute approximate surface area is 82.3 Å². The summed E-state index contributed by atoms with van der Waals surface area (Å²) in [7, 11) is 1.25. The summed E-state index contributed by atoms with van der Waals surface area (Å²) in [6, 6.07) is 0. The van der Waals surface area contributed by atoms with Gasteiger partial charge in [-0.25, -0.2) is 4.79 Å². The van der Waals surface area contributed by atoms with Gasteiger partial charge in [0.05, 0.1) is 13.0 Å². The van der Waals surface area contributed by atoms with Crippen molar-refractivity contribution in [3.63, 3.8) is 0 Å². The van der Waals surface area contributed by atoms with Crippen molar-refractivity contribution in [1.82, 2.24) is 0 Å². The van der Waals surface area contributed by atoms with E-state index in [9.17, 15) is 9.59 Å². The highest BCUT2D eigenvalue weighted by molar-refractivity contribution is 5.77. The topological polar surface area (TPSA) is 61.8 Å². The summed E-state index contributed by atoms with van der Waals surface area (Å²) in [5.74, 6) is -1.00. The van der Waals surface area contributed by atoms with Gasteiger partial charge in [0.15, 0.2) is 6.61 Å². The van der Waals surface area contributed by atoms with Crippen molar-refractivity contribution in [3.05, 3.63) is 0 Å². The number of ether oxygens (including phenoxy) is 3. The van der Waals surface area contributed by atoms with E-state index < -0.39 is 5.97 Å². The molecular formula is C9H14O5. The molecule has 0 amide bonds. The molecule has 1 aliphatic heterocycles. The minimum absolute atomic E-state index is 0.131. The predicted octanol–water partition coefficient (Wildman–Crippen LogP) is 0.129. The molecular weight excluding hydrogens is 188 g/mol. The number of carbonyl (C=O) groups is 2. The van der Waals surface area contributed by atoms with Crippen LogP contribution >= 0.6 is 0 Å². The maximum absolute atomic E-state index is 11.3. The Balaban J connectivity index is 2.23. The van der Waals surface area contributed by atoms with E-state index in [1.165, 1.54) is 7.11 Å². The Morgan fingerprint density at radius 3 is 2.57 bits per heavy atom. The molecule has 80 valence electrons. The zero-order chi connectivity index (χ0) is 10.4. The Hall–Kier alpha value is -1.10. The van der Waals surface area contributed by atoms with Crippen LogP contribution in [0.5, 0.6) is 0 Å². The first-order valence-corrected chi connectivity index (χ1v) is 4.55. The largest absolute Gasteiger partial charge is 0.466 e. The van der Waals surface area contributed by atoms with Crippen LogP contribution in [0, 0.1) is 5.92 Å². The molecule has 5 heteroatoms. The lowest BCUT2D eigenvalue weighted by molar-refractivity contribution is -0.161. The molecule has 0 aromatic carbocycles. The van der Waals surface area contributed by atoms with Crippen LogP contribution < -0.4 is 0 Å². The normalized spacial score (nSPS) is 17.5. The molecule has 1 fully saturated rings. The summed E-state index contributed by atoms with van der Waals surface area (Å²) in [4.78, 5) is 22.0. The summed E-state index contributed by atoms with van der Waals surface area (Å²) < 4.78 is 14.2. The predicted molar refractivity (Wildman–Crippen MR) is 46.5 cm³/mol. The zero-order valence-corrected chi connectivity index (χ0v) is 8.15. The smallest absolute Gasteiger partial charge is 0.344 e. The van der Waals surface area contributed by atoms with E-state index in [-0.39, 0.29) is 18.5 Å². The van der Waals surface area contributed by atoms with Crippen LogP contribution in [-0.4, -0.2) is 38.9 Å². The fourth-order valence-electron chi connectivity index (χ4n) is 1.24. The van der Waals surface area contributed by atoms with Gasteiger partial charge in [-0.05, 0) is 12.8 Å². The average Bonchev–Trinajstić information content (AvgIpc) is 2.26. The van der Waals surface area contributed by atoms with Gasteiger partial charge in [-0.1, -0.05) is 0 Å². The molecule has 1 aliphatic rings. The first-order chi connectivity index (χ1) is 6.74. The number of hydrogen-bond donors (Lipinski definition) is 0. The molecule has 0 saturated carbocycles. The lowest BCUT2D eigenvalue weighted by atomic mass is 10.0. The number of methoxy groups -OCH3 is 1. The standard InChI is InChI=1S/C9H14O5/c1-12-8(10)6-14-9(11)7-2-4-13-5-3-7/h7H,2-6H2,1H3. The van der Waals surface area contributed by atoms with Crippen molar-refractivity contribution >= 4 is 11.9 Å². The molecule has 0 radical (unpaired) electrons. The monoisotopic (exact) mass is 202 g/mol. The second-order valence-corrected chi connectivity index (χ2v) is 3.07. The number of carbonyl (C=O) groups excluding carboxylic acids is 2. The van der Waals surface area contributed by atoms with E-state index in [4.69, 9.17) is 9.47 Å². The van der Waals surface area contributed by atoms with Gasteiger partial charge in [0.1, 0.15) is 0 Å². The van der Waals surface area contributed by atoms with E-state index in [2.05, 4.69) is 4.74 Å². The number of hydrogen-bond acceptors (Lipinski definition) is 5. The molecule has 0 aromatic heterocycles. The lowest BCUT2D eigenvalue weighted by Gasteiger charge is -2.19. The molecule has 0 spiro atoms. The molecule has 1 heterocycles. The van der Waals surface area contributed by atoms with Crippen molar-refractivity contribution in [2.24, 2.45) is 5.92 Å². The summed E-state index contributed by atoms with van der Waals surface area (Å²) in [5.41, 5.74) is 0. The van der Waals surface area contributed by atoms with Crippen molar-refractivity contribution in [3.8, 4) is 0 Å². The molecule has 1 rings (SSSR count). The molecule has 14 heavy (non-hydrogen) atoms. The van der Waals surface area contributed by atoms with Gasteiger partial charge < -0.3 is 14.2 Å². The van der Waals surface area contributed by atoms with Crippen molar-refractivity contribution in [2.75, 3.05) is 26.9 Å². The SMILES string of the molecule is COC(=O)COC(=O)C1CCOCC1. The summed E-state index contributed by atoms with van der Waals surface area (Å²) >= 11 is 0. The first-order valence-electron chi connectivity index (χ1n) is 4.55. The fourth-order valence-corrected chi connectivity index (χ4v) is 1.24.